The fourth-order valence-electron chi connectivity index (χ4n) is 3.95. The van der Waals surface area contributed by atoms with E-state index in [9.17, 15) is 24.3 Å². The minimum Gasteiger partial charge on any atom is -0.480 e. The molecule has 8 nitrogen and oxygen atoms in total. The average Bonchev–Trinajstić information content (AvgIpc) is 3.08. The smallest absolute Gasteiger partial charge is 0.326 e. The van der Waals surface area contributed by atoms with E-state index in [1.54, 1.807) is 42.6 Å². The summed E-state index contributed by atoms with van der Waals surface area (Å²) in [7, 11) is 0. The predicted octanol–water partition coefficient (Wildman–Crippen LogP) is 1.77. The second kappa shape index (κ2) is 7.94. The molecule has 4 unspecified atom stereocenters. The van der Waals surface area contributed by atoms with Gasteiger partial charge in [0.1, 0.15) is 23.5 Å². The number of benzene rings is 1. The van der Waals surface area contributed by atoms with Crippen molar-refractivity contribution in [3.05, 3.63) is 35.4 Å². The quantitative estimate of drug-likeness (QED) is 0.630. The van der Waals surface area contributed by atoms with E-state index in [-0.39, 0.29) is 17.2 Å². The van der Waals surface area contributed by atoms with E-state index in [0.29, 0.717) is 5.56 Å². The van der Waals surface area contributed by atoms with Crippen LogP contribution in [0.15, 0.2) is 24.3 Å². The molecule has 4 atom stereocenters. The zero-order valence-electron chi connectivity index (χ0n) is 17.6. The lowest BCUT2D eigenvalue weighted by Crippen LogP contribution is -2.57. The summed E-state index contributed by atoms with van der Waals surface area (Å²) in [5, 5.41) is 14.1. The van der Waals surface area contributed by atoms with Gasteiger partial charge in [0, 0.05) is 10.3 Å². The van der Waals surface area contributed by atoms with E-state index >= 15 is 0 Å². The average molecular weight is 434 g/mol. The summed E-state index contributed by atoms with van der Waals surface area (Å²) in [6, 6.07) is 4.57. The number of carboxylic acid groups (broad SMARTS) is 1. The third-order valence-corrected chi connectivity index (χ3v) is 7.06. The van der Waals surface area contributed by atoms with Crippen molar-refractivity contribution in [1.82, 2.24) is 15.5 Å². The molecule has 30 heavy (non-hydrogen) atoms. The van der Waals surface area contributed by atoms with Gasteiger partial charge >= 0.3 is 5.97 Å². The van der Waals surface area contributed by atoms with E-state index < -0.39 is 40.7 Å². The van der Waals surface area contributed by atoms with E-state index in [0.717, 1.165) is 5.56 Å². The molecule has 3 rings (SSSR count). The monoisotopic (exact) mass is 433 g/mol. The fraction of sp³-hybridized carbons (Fsp3) is 0.524. The summed E-state index contributed by atoms with van der Waals surface area (Å²) in [4.78, 5) is 51.5. The zero-order chi connectivity index (χ0) is 22.4. The number of hydrogen-bond donors (Lipinski definition) is 3. The maximum atomic E-state index is 13.2. The van der Waals surface area contributed by atoms with Gasteiger partial charge in [-0.15, -0.1) is 11.8 Å². The normalized spacial score (nSPS) is 23.5. The Kier molecular flexibility index (Phi) is 5.86. The van der Waals surface area contributed by atoms with Crippen molar-refractivity contribution in [1.29, 1.82) is 0 Å². The molecule has 0 spiro atoms. The van der Waals surface area contributed by atoms with Crippen LogP contribution >= 0.6 is 11.8 Å². The lowest BCUT2D eigenvalue weighted by Gasteiger charge is -2.30. The third kappa shape index (κ3) is 3.78. The van der Waals surface area contributed by atoms with Crippen LogP contribution in [-0.4, -0.2) is 56.6 Å². The molecule has 3 amide bonds. The standard InChI is InChI=1S/C21H27N3O5S/c1-10(2)14(20(28)29)23-16(25)11(3)22-17(26)15-21(4,5)30-19-13-9-7-6-8-12(13)18(27)24(15)19/h6-11,14-15,19H,1-5H3,(H,22,26)(H,23,25)(H,28,29). The van der Waals surface area contributed by atoms with Crippen LogP contribution < -0.4 is 10.6 Å². The van der Waals surface area contributed by atoms with Gasteiger partial charge in [0.25, 0.3) is 5.91 Å². The lowest BCUT2D eigenvalue weighted by molar-refractivity contribution is -0.143. The number of carbonyl (C=O) groups is 4. The number of nitrogens with one attached hydrogen (secondary N) is 2. The van der Waals surface area contributed by atoms with Crippen LogP contribution in [0, 0.1) is 5.92 Å². The van der Waals surface area contributed by atoms with Gasteiger partial charge in [0.05, 0.1) is 0 Å². The molecule has 0 aliphatic carbocycles. The third-order valence-electron chi connectivity index (χ3n) is 5.53. The number of carbonyl (C=O) groups excluding carboxylic acids is 3. The SMILES string of the molecule is CC(NC(=O)C1N2C(=O)c3ccccc3C2SC1(C)C)C(=O)NC(C(=O)O)C(C)C. The Hall–Kier alpha value is -2.55. The molecule has 0 saturated carbocycles. The second-order valence-corrected chi connectivity index (χ2v) is 10.3. The van der Waals surface area contributed by atoms with Crippen LogP contribution in [0.2, 0.25) is 0 Å². The molecular weight excluding hydrogens is 406 g/mol. The number of thioether (sulfide) groups is 1. The van der Waals surface area contributed by atoms with Gasteiger partial charge in [-0.2, -0.15) is 0 Å². The molecule has 9 heteroatoms. The van der Waals surface area contributed by atoms with Crippen molar-refractivity contribution >= 4 is 35.5 Å². The molecule has 1 aromatic rings. The van der Waals surface area contributed by atoms with Gasteiger partial charge in [-0.3, -0.25) is 14.4 Å². The first-order chi connectivity index (χ1) is 14.0. The highest BCUT2D eigenvalue weighted by Gasteiger charge is 2.57. The Bertz CT molecular complexity index is 900. The molecule has 2 aliphatic rings. The highest BCUT2D eigenvalue weighted by Crippen LogP contribution is 2.56. The molecule has 0 radical (unpaired) electrons. The summed E-state index contributed by atoms with van der Waals surface area (Å²) in [5.41, 5.74) is 1.48. The number of carboxylic acids is 1. The zero-order valence-corrected chi connectivity index (χ0v) is 18.4. The summed E-state index contributed by atoms with van der Waals surface area (Å²) in [6.45, 7) is 8.69. The van der Waals surface area contributed by atoms with Crippen molar-refractivity contribution in [2.45, 2.75) is 62.9 Å². The Morgan fingerprint density at radius 1 is 1.13 bits per heavy atom. The molecule has 1 fully saturated rings. The number of rotatable bonds is 6. The number of hydrogen-bond acceptors (Lipinski definition) is 5. The van der Waals surface area contributed by atoms with Gasteiger partial charge in [0.2, 0.25) is 11.8 Å². The summed E-state index contributed by atoms with van der Waals surface area (Å²) in [6.07, 6.45) is 0. The van der Waals surface area contributed by atoms with Crippen molar-refractivity contribution in [2.24, 2.45) is 5.92 Å². The molecule has 0 bridgehead atoms. The largest absolute Gasteiger partial charge is 0.480 e. The molecular formula is C21H27N3O5S. The van der Waals surface area contributed by atoms with Crippen molar-refractivity contribution in [3.8, 4) is 0 Å². The number of amides is 3. The topological polar surface area (TPSA) is 116 Å². The molecule has 1 saturated heterocycles. The van der Waals surface area contributed by atoms with Crippen LogP contribution in [-0.2, 0) is 14.4 Å². The van der Waals surface area contributed by atoms with E-state index in [1.165, 1.54) is 6.92 Å². The van der Waals surface area contributed by atoms with E-state index in [2.05, 4.69) is 10.6 Å². The van der Waals surface area contributed by atoms with Crippen LogP contribution in [0.5, 0.6) is 0 Å². The highest BCUT2D eigenvalue weighted by molar-refractivity contribution is 8.01. The van der Waals surface area contributed by atoms with Gasteiger partial charge in [-0.25, -0.2) is 4.79 Å². The maximum Gasteiger partial charge on any atom is 0.326 e. The Morgan fingerprint density at radius 2 is 1.77 bits per heavy atom. The van der Waals surface area contributed by atoms with Crippen molar-refractivity contribution < 1.29 is 24.3 Å². The summed E-state index contributed by atoms with van der Waals surface area (Å²) >= 11 is 1.54. The van der Waals surface area contributed by atoms with Gasteiger partial charge in [-0.05, 0) is 38.3 Å². The maximum absolute atomic E-state index is 13.2. The highest BCUT2D eigenvalue weighted by atomic mass is 32.2. The Morgan fingerprint density at radius 3 is 2.37 bits per heavy atom. The molecule has 2 heterocycles. The van der Waals surface area contributed by atoms with Crippen LogP contribution in [0.1, 0.15) is 55.9 Å². The first kappa shape index (κ1) is 22.1. The summed E-state index contributed by atoms with van der Waals surface area (Å²) in [5.74, 6) is -2.65. The Balaban J connectivity index is 1.76. The van der Waals surface area contributed by atoms with Crippen LogP contribution in [0.3, 0.4) is 0 Å². The van der Waals surface area contributed by atoms with Gasteiger partial charge < -0.3 is 20.6 Å². The van der Waals surface area contributed by atoms with Crippen molar-refractivity contribution in [2.75, 3.05) is 0 Å². The predicted molar refractivity (Wildman–Crippen MR) is 113 cm³/mol. The first-order valence-electron chi connectivity index (χ1n) is 9.88. The van der Waals surface area contributed by atoms with Gasteiger partial charge in [-0.1, -0.05) is 32.0 Å². The fourth-order valence-corrected chi connectivity index (χ4v) is 5.54. The summed E-state index contributed by atoms with van der Waals surface area (Å²) < 4.78 is -0.560. The van der Waals surface area contributed by atoms with Crippen LogP contribution in [0.4, 0.5) is 0 Å². The molecule has 162 valence electrons. The molecule has 3 N–H and O–H groups in total. The molecule has 2 aliphatic heterocycles. The number of nitrogens with zero attached hydrogens (tertiary/aromatic N) is 1. The minimum atomic E-state index is -1.13. The Labute approximate surface area is 179 Å². The lowest BCUT2D eigenvalue weighted by atomic mass is 10.00. The van der Waals surface area contributed by atoms with Crippen molar-refractivity contribution in [3.63, 3.8) is 0 Å². The number of aliphatic carboxylic acids is 1. The first-order valence-corrected chi connectivity index (χ1v) is 10.8. The van der Waals surface area contributed by atoms with Crippen LogP contribution in [0.25, 0.3) is 0 Å². The van der Waals surface area contributed by atoms with E-state index in [4.69, 9.17) is 0 Å². The molecule has 1 aromatic carbocycles. The minimum absolute atomic E-state index is 0.198. The van der Waals surface area contributed by atoms with E-state index in [1.807, 2.05) is 26.0 Å². The molecule has 0 aromatic heterocycles. The second-order valence-electron chi connectivity index (χ2n) is 8.57. The number of fused-ring (bicyclic) bond motifs is 3. The van der Waals surface area contributed by atoms with Gasteiger partial charge in [0.15, 0.2) is 0 Å².